The minimum atomic E-state index is -2.77. The Hall–Kier alpha value is -3.62. The molecule has 0 bridgehead atoms. The summed E-state index contributed by atoms with van der Waals surface area (Å²) >= 11 is 0. The molecule has 0 aliphatic rings. The van der Waals surface area contributed by atoms with Gasteiger partial charge in [0.25, 0.3) is 12.3 Å². The molecular weight excluding hydrogens is 390 g/mol. The first-order valence-electron chi connectivity index (χ1n) is 9.34. The summed E-state index contributed by atoms with van der Waals surface area (Å²) in [5.74, 6) is -0.443. The van der Waals surface area contributed by atoms with Gasteiger partial charge in [-0.15, -0.1) is 0 Å². The Morgan fingerprint density at radius 2 is 1.93 bits per heavy atom. The van der Waals surface area contributed by atoms with Crippen molar-refractivity contribution >= 4 is 11.6 Å². The second-order valence-electron chi connectivity index (χ2n) is 7.12. The minimum absolute atomic E-state index is 0.0868. The second kappa shape index (κ2) is 7.66. The van der Waals surface area contributed by atoms with Crippen molar-refractivity contribution in [1.82, 2.24) is 29.7 Å². The molecule has 3 heterocycles. The van der Waals surface area contributed by atoms with Gasteiger partial charge in [-0.2, -0.15) is 10.2 Å². The fourth-order valence-corrected chi connectivity index (χ4v) is 3.27. The van der Waals surface area contributed by atoms with Crippen LogP contribution < -0.4 is 5.32 Å². The smallest absolute Gasteiger partial charge is 0.280 e. The number of amides is 1. The Kier molecular flexibility index (Phi) is 5.03. The van der Waals surface area contributed by atoms with Crippen LogP contribution in [0.1, 0.15) is 39.3 Å². The van der Waals surface area contributed by atoms with Gasteiger partial charge in [-0.3, -0.25) is 9.48 Å². The molecule has 0 unspecified atom stereocenters. The first kappa shape index (κ1) is 19.7. The van der Waals surface area contributed by atoms with Crippen LogP contribution >= 0.6 is 0 Å². The molecule has 0 spiro atoms. The van der Waals surface area contributed by atoms with Crippen LogP contribution in [0.2, 0.25) is 0 Å². The zero-order chi connectivity index (χ0) is 21.4. The Bertz CT molecular complexity index is 1230. The lowest BCUT2D eigenvalue weighted by Gasteiger charge is -2.09. The van der Waals surface area contributed by atoms with Crippen molar-refractivity contribution in [3.8, 4) is 11.3 Å². The van der Waals surface area contributed by atoms with Gasteiger partial charge in [0.05, 0.1) is 17.6 Å². The Morgan fingerprint density at radius 1 is 1.20 bits per heavy atom. The number of carbonyl (C=O) groups is 1. The van der Waals surface area contributed by atoms with Gasteiger partial charge in [0, 0.05) is 30.9 Å². The first-order chi connectivity index (χ1) is 14.3. The number of halogens is 2. The first-order valence-corrected chi connectivity index (χ1v) is 9.34. The molecule has 3 aromatic heterocycles. The van der Waals surface area contributed by atoms with E-state index < -0.39 is 12.3 Å². The molecule has 4 rings (SSSR count). The largest absolute Gasteiger partial charge is 0.348 e. The van der Waals surface area contributed by atoms with E-state index in [1.165, 1.54) is 12.3 Å². The van der Waals surface area contributed by atoms with Crippen molar-refractivity contribution in [1.29, 1.82) is 0 Å². The van der Waals surface area contributed by atoms with Crippen LogP contribution in [0.3, 0.4) is 0 Å². The molecule has 0 radical (unpaired) electrons. The summed E-state index contributed by atoms with van der Waals surface area (Å²) < 4.78 is 30.1. The minimum Gasteiger partial charge on any atom is -0.348 e. The summed E-state index contributed by atoms with van der Waals surface area (Å²) in [7, 11) is 1.80. The van der Waals surface area contributed by atoms with E-state index in [1.807, 2.05) is 44.3 Å². The molecule has 0 saturated carbocycles. The molecule has 0 fully saturated rings. The normalized spacial score (nSPS) is 11.4. The molecule has 154 valence electrons. The van der Waals surface area contributed by atoms with E-state index >= 15 is 0 Å². The van der Waals surface area contributed by atoms with Gasteiger partial charge < -0.3 is 5.32 Å². The highest BCUT2D eigenvalue weighted by molar-refractivity contribution is 5.99. The van der Waals surface area contributed by atoms with Crippen LogP contribution in [-0.2, 0) is 13.6 Å². The highest BCUT2D eigenvalue weighted by Crippen LogP contribution is 2.27. The topological polar surface area (TPSA) is 77.1 Å². The van der Waals surface area contributed by atoms with Crippen LogP contribution in [0.4, 0.5) is 8.78 Å². The number of benzene rings is 1. The Morgan fingerprint density at radius 3 is 2.57 bits per heavy atom. The van der Waals surface area contributed by atoms with Gasteiger partial charge in [-0.1, -0.05) is 29.8 Å². The number of nitrogens with one attached hydrogen (secondary N) is 1. The van der Waals surface area contributed by atoms with E-state index in [-0.39, 0.29) is 23.4 Å². The molecule has 1 N–H and O–H groups in total. The molecule has 0 aliphatic carbocycles. The number of aryl methyl sites for hydroxylation is 3. The van der Waals surface area contributed by atoms with Crippen molar-refractivity contribution in [2.75, 3.05) is 0 Å². The summed E-state index contributed by atoms with van der Waals surface area (Å²) in [4.78, 5) is 17.2. The maximum Gasteiger partial charge on any atom is 0.280 e. The third-order valence-electron chi connectivity index (χ3n) is 4.87. The maximum absolute atomic E-state index is 13.7. The number of nitrogens with zero attached hydrogens (tertiary/aromatic N) is 5. The summed E-state index contributed by atoms with van der Waals surface area (Å²) in [5, 5.41) is 11.0. The van der Waals surface area contributed by atoms with Crippen molar-refractivity contribution < 1.29 is 13.6 Å². The van der Waals surface area contributed by atoms with E-state index in [4.69, 9.17) is 0 Å². The van der Waals surface area contributed by atoms with Gasteiger partial charge in [0.1, 0.15) is 11.3 Å². The number of hydrogen-bond acceptors (Lipinski definition) is 4. The van der Waals surface area contributed by atoms with E-state index in [0.717, 1.165) is 21.3 Å². The third-order valence-corrected chi connectivity index (χ3v) is 4.87. The molecular formula is C21H20F2N6O. The SMILES string of the molecule is Cc1ccc(-c2cc(C(F)F)n3ncc(C(=O)NCc4cn(C)nc4C)c3n2)cc1. The quantitative estimate of drug-likeness (QED) is 0.545. The van der Waals surface area contributed by atoms with Gasteiger partial charge >= 0.3 is 0 Å². The number of alkyl halides is 2. The van der Waals surface area contributed by atoms with Gasteiger partial charge in [0.2, 0.25) is 0 Å². The monoisotopic (exact) mass is 410 g/mol. The molecule has 1 amide bonds. The average Bonchev–Trinajstić information content (AvgIpc) is 3.28. The highest BCUT2D eigenvalue weighted by Gasteiger charge is 2.21. The number of fused-ring (bicyclic) bond motifs is 1. The standard InChI is InChI=1S/C21H20F2N6O/c1-12-4-6-14(7-5-12)17-8-18(19(22)23)29-20(26-17)16(10-25-29)21(30)24-9-15-11-28(3)27-13(15)2/h4-8,10-11,19H,9H2,1-3H3,(H,24,30). The van der Waals surface area contributed by atoms with E-state index in [1.54, 1.807) is 11.7 Å². The van der Waals surface area contributed by atoms with E-state index in [2.05, 4.69) is 20.5 Å². The lowest BCUT2D eigenvalue weighted by molar-refractivity contribution is 0.0952. The molecule has 1 aromatic carbocycles. The maximum atomic E-state index is 13.7. The summed E-state index contributed by atoms with van der Waals surface area (Å²) in [6.45, 7) is 4.05. The van der Waals surface area contributed by atoms with Crippen LogP contribution in [0, 0.1) is 13.8 Å². The number of hydrogen-bond donors (Lipinski definition) is 1. The fourth-order valence-electron chi connectivity index (χ4n) is 3.27. The van der Waals surface area contributed by atoms with Gasteiger partial charge in [-0.05, 0) is 19.9 Å². The Labute approximate surface area is 171 Å². The number of rotatable bonds is 5. The van der Waals surface area contributed by atoms with E-state index in [0.29, 0.717) is 11.3 Å². The predicted molar refractivity (Wildman–Crippen MR) is 107 cm³/mol. The third kappa shape index (κ3) is 3.66. The second-order valence-corrected chi connectivity index (χ2v) is 7.12. The zero-order valence-electron chi connectivity index (χ0n) is 16.7. The summed E-state index contributed by atoms with van der Waals surface area (Å²) in [5.41, 5.74) is 3.65. The van der Waals surface area contributed by atoms with Crippen LogP contribution in [0.15, 0.2) is 42.7 Å². The van der Waals surface area contributed by atoms with Gasteiger partial charge in [-0.25, -0.2) is 18.3 Å². The van der Waals surface area contributed by atoms with Gasteiger partial charge in [0.15, 0.2) is 5.65 Å². The molecule has 7 nitrogen and oxygen atoms in total. The van der Waals surface area contributed by atoms with Crippen LogP contribution in [-0.4, -0.2) is 30.3 Å². The lowest BCUT2D eigenvalue weighted by Crippen LogP contribution is -2.23. The van der Waals surface area contributed by atoms with Crippen molar-refractivity contribution in [2.45, 2.75) is 26.8 Å². The fraction of sp³-hybridized carbons (Fsp3) is 0.238. The van der Waals surface area contributed by atoms with Crippen molar-refractivity contribution in [3.05, 3.63) is 70.8 Å². The van der Waals surface area contributed by atoms with Crippen LogP contribution in [0.25, 0.3) is 16.9 Å². The predicted octanol–water partition coefficient (Wildman–Crippen LogP) is 3.61. The molecule has 30 heavy (non-hydrogen) atoms. The highest BCUT2D eigenvalue weighted by atomic mass is 19.3. The van der Waals surface area contributed by atoms with Crippen LogP contribution in [0.5, 0.6) is 0 Å². The molecule has 0 atom stereocenters. The molecule has 0 aliphatic heterocycles. The lowest BCUT2D eigenvalue weighted by atomic mass is 10.1. The Balaban J connectivity index is 1.72. The average molecular weight is 410 g/mol. The number of carbonyl (C=O) groups excluding carboxylic acids is 1. The summed E-state index contributed by atoms with van der Waals surface area (Å²) in [6, 6.07) is 8.68. The zero-order valence-corrected chi connectivity index (χ0v) is 16.7. The summed E-state index contributed by atoms with van der Waals surface area (Å²) in [6.07, 6.45) is 0.306. The van der Waals surface area contributed by atoms with Crippen molar-refractivity contribution in [2.24, 2.45) is 7.05 Å². The van der Waals surface area contributed by atoms with Crippen molar-refractivity contribution in [3.63, 3.8) is 0 Å². The molecule has 4 aromatic rings. The molecule has 9 heteroatoms. The number of aromatic nitrogens is 5. The van der Waals surface area contributed by atoms with E-state index in [9.17, 15) is 13.6 Å². The molecule has 0 saturated heterocycles.